The summed E-state index contributed by atoms with van der Waals surface area (Å²) in [6, 6.07) is 57.9. The molecule has 0 spiro atoms. The molecule has 9 rings (SSSR count). The van der Waals surface area contributed by atoms with Crippen LogP contribution in [0.5, 0.6) is 0 Å². The first-order valence-electron chi connectivity index (χ1n) is 17.1. The van der Waals surface area contributed by atoms with E-state index in [0.29, 0.717) is 0 Å². The van der Waals surface area contributed by atoms with Crippen LogP contribution in [0.15, 0.2) is 170 Å². The third-order valence-electron chi connectivity index (χ3n) is 10.6. The van der Waals surface area contributed by atoms with E-state index in [4.69, 9.17) is 0 Å². The smallest absolute Gasteiger partial charge is 0.0159 e. The second-order valence-corrected chi connectivity index (χ2v) is 13.8. The number of rotatable bonds is 4. The van der Waals surface area contributed by atoms with E-state index >= 15 is 0 Å². The van der Waals surface area contributed by atoms with Crippen LogP contribution in [0, 0.1) is 0 Å². The van der Waals surface area contributed by atoms with Crippen molar-refractivity contribution in [3.05, 3.63) is 203 Å². The van der Waals surface area contributed by atoms with Gasteiger partial charge in [0.1, 0.15) is 0 Å². The molecule has 0 amide bonds. The molecule has 0 unspecified atom stereocenters. The van der Waals surface area contributed by atoms with Crippen LogP contribution in [-0.4, -0.2) is 0 Å². The summed E-state index contributed by atoms with van der Waals surface area (Å²) in [5.41, 5.74) is 11.5. The summed E-state index contributed by atoms with van der Waals surface area (Å²) < 4.78 is 0. The maximum Gasteiger partial charge on any atom is 0.0159 e. The zero-order valence-electron chi connectivity index (χ0n) is 27.9. The van der Waals surface area contributed by atoms with Crippen LogP contribution < -0.4 is 10.4 Å². The Bertz CT molecular complexity index is 2760. The van der Waals surface area contributed by atoms with Crippen molar-refractivity contribution in [3.8, 4) is 22.3 Å². The lowest BCUT2D eigenvalue weighted by Crippen LogP contribution is -2.26. The molecule has 232 valence electrons. The molecule has 0 atom stereocenters. The summed E-state index contributed by atoms with van der Waals surface area (Å²) in [5, 5.41) is 9.87. The van der Waals surface area contributed by atoms with Crippen LogP contribution in [0.3, 0.4) is 0 Å². The quantitative estimate of drug-likeness (QED) is 0.171. The highest BCUT2D eigenvalue weighted by Gasteiger charge is 2.35. The lowest BCUT2D eigenvalue weighted by atomic mass is 9.81. The van der Waals surface area contributed by atoms with Gasteiger partial charge in [-0.2, -0.15) is 0 Å². The largest absolute Gasteiger partial charge is 0.0984 e. The summed E-state index contributed by atoms with van der Waals surface area (Å²) in [6.45, 7) is 8.98. The molecule has 0 aliphatic heterocycles. The van der Waals surface area contributed by atoms with Gasteiger partial charge < -0.3 is 0 Å². The normalized spacial score (nSPS) is 14.2. The summed E-state index contributed by atoms with van der Waals surface area (Å²) >= 11 is 0. The fourth-order valence-corrected chi connectivity index (χ4v) is 8.10. The number of fused-ring (bicyclic) bond motifs is 7. The second kappa shape index (κ2) is 11.3. The van der Waals surface area contributed by atoms with E-state index < -0.39 is 0 Å². The Morgan fingerprint density at radius 3 is 2.04 bits per heavy atom. The molecule has 0 fully saturated rings. The minimum Gasteiger partial charge on any atom is -0.0984 e. The minimum absolute atomic E-state index is 0.0142. The van der Waals surface area contributed by atoms with Gasteiger partial charge in [-0.3, -0.25) is 0 Å². The Labute approximate surface area is 287 Å². The lowest BCUT2D eigenvalue weighted by Gasteiger charge is -2.22. The maximum atomic E-state index is 4.29. The van der Waals surface area contributed by atoms with Crippen LogP contribution in [0.4, 0.5) is 0 Å². The predicted molar refractivity (Wildman–Crippen MR) is 210 cm³/mol. The van der Waals surface area contributed by atoms with Gasteiger partial charge in [-0.15, -0.1) is 0 Å². The average molecular weight is 625 g/mol. The Hall–Kier alpha value is -5.98. The van der Waals surface area contributed by atoms with Crippen molar-refractivity contribution >= 4 is 44.0 Å². The standard InChI is InChI=1S/C49H36/c1-4-40(41-15-7-5-13-36(41)29-39-30-37-14-6-8-16-42(37)44-18-10-9-17-43(39)44)38-24-23-32-27-33(21-22-34(32)28-38)35-25-26-46-45-19-11-12-20-47(45)49(2,3)48(46)31-35/h4-31H,1H2,2-3H3/b36-29+,41-40+. The highest BCUT2D eigenvalue weighted by Crippen LogP contribution is 2.49. The number of allylic oxidation sites excluding steroid dienone is 1. The fraction of sp³-hybridized carbons (Fsp3) is 0.0612. The van der Waals surface area contributed by atoms with Gasteiger partial charge in [0.2, 0.25) is 0 Å². The first kappa shape index (κ1) is 29.2. The summed E-state index contributed by atoms with van der Waals surface area (Å²) in [6.07, 6.45) is 4.34. The topological polar surface area (TPSA) is 0 Å². The Morgan fingerprint density at radius 2 is 1.16 bits per heavy atom. The monoisotopic (exact) mass is 624 g/mol. The van der Waals surface area contributed by atoms with Crippen molar-refractivity contribution in [3.63, 3.8) is 0 Å². The maximum absolute atomic E-state index is 4.29. The molecule has 0 nitrogen and oxygen atoms in total. The van der Waals surface area contributed by atoms with Crippen molar-refractivity contribution in [1.29, 1.82) is 0 Å². The Morgan fingerprint density at radius 1 is 0.510 bits per heavy atom. The highest BCUT2D eigenvalue weighted by atomic mass is 14.4. The van der Waals surface area contributed by atoms with Gasteiger partial charge in [-0.1, -0.05) is 160 Å². The molecule has 0 heterocycles. The Balaban J connectivity index is 1.14. The van der Waals surface area contributed by atoms with E-state index in [1.165, 1.54) is 81.7 Å². The van der Waals surface area contributed by atoms with E-state index in [0.717, 1.165) is 11.1 Å². The molecular weight excluding hydrogens is 589 g/mol. The SMILES string of the molecule is C=C/C(c1ccc2cc(-c3ccc4c(c3)C(C)(C)c3ccccc3-4)ccc2c1)=c1/cccc/c1=C\c1cc2ccccc2c2ccccc12. The Kier molecular flexibility index (Phi) is 6.74. The predicted octanol–water partition coefficient (Wildman–Crippen LogP) is 11.3. The van der Waals surface area contributed by atoms with Crippen molar-refractivity contribution in [2.45, 2.75) is 19.3 Å². The van der Waals surface area contributed by atoms with Crippen LogP contribution in [0.2, 0.25) is 0 Å². The van der Waals surface area contributed by atoms with Crippen LogP contribution in [0.25, 0.3) is 66.2 Å². The third kappa shape index (κ3) is 4.75. The molecule has 0 aromatic heterocycles. The van der Waals surface area contributed by atoms with Crippen molar-refractivity contribution in [2.24, 2.45) is 0 Å². The molecule has 1 aliphatic carbocycles. The average Bonchev–Trinajstić information content (AvgIpc) is 3.38. The van der Waals surface area contributed by atoms with Gasteiger partial charge in [-0.25, -0.2) is 0 Å². The van der Waals surface area contributed by atoms with E-state index in [1.807, 2.05) is 6.08 Å². The molecule has 8 aromatic rings. The van der Waals surface area contributed by atoms with Gasteiger partial charge in [-0.05, 0) is 123 Å². The second-order valence-electron chi connectivity index (χ2n) is 13.8. The molecule has 0 N–H and O–H groups in total. The van der Waals surface area contributed by atoms with Gasteiger partial charge in [0.25, 0.3) is 0 Å². The summed E-state index contributed by atoms with van der Waals surface area (Å²) in [7, 11) is 0. The number of benzene rings is 8. The molecule has 0 radical (unpaired) electrons. The van der Waals surface area contributed by atoms with E-state index in [-0.39, 0.29) is 5.41 Å². The molecule has 0 saturated carbocycles. The fourth-order valence-electron chi connectivity index (χ4n) is 8.10. The highest BCUT2D eigenvalue weighted by molar-refractivity contribution is 6.10. The molecule has 8 aromatic carbocycles. The number of hydrogen-bond acceptors (Lipinski definition) is 0. The van der Waals surface area contributed by atoms with Gasteiger partial charge >= 0.3 is 0 Å². The molecule has 0 saturated heterocycles. The van der Waals surface area contributed by atoms with E-state index in [9.17, 15) is 0 Å². The first-order chi connectivity index (χ1) is 24.0. The van der Waals surface area contributed by atoms with Crippen molar-refractivity contribution in [1.82, 2.24) is 0 Å². The molecule has 49 heavy (non-hydrogen) atoms. The van der Waals surface area contributed by atoms with Gasteiger partial charge in [0, 0.05) is 5.41 Å². The van der Waals surface area contributed by atoms with Gasteiger partial charge in [0.15, 0.2) is 0 Å². The van der Waals surface area contributed by atoms with Crippen molar-refractivity contribution in [2.75, 3.05) is 0 Å². The lowest BCUT2D eigenvalue weighted by molar-refractivity contribution is 0.660. The molecule has 0 bridgehead atoms. The van der Waals surface area contributed by atoms with Crippen LogP contribution >= 0.6 is 0 Å². The zero-order valence-corrected chi connectivity index (χ0v) is 27.9. The first-order valence-corrected chi connectivity index (χ1v) is 17.1. The molecule has 1 aliphatic rings. The zero-order chi connectivity index (χ0) is 33.1. The van der Waals surface area contributed by atoms with E-state index in [2.05, 4.69) is 184 Å². The summed E-state index contributed by atoms with van der Waals surface area (Å²) in [5.74, 6) is 0. The van der Waals surface area contributed by atoms with E-state index in [1.54, 1.807) is 0 Å². The van der Waals surface area contributed by atoms with Crippen molar-refractivity contribution < 1.29 is 0 Å². The summed E-state index contributed by atoms with van der Waals surface area (Å²) in [4.78, 5) is 0. The van der Waals surface area contributed by atoms with Crippen LogP contribution in [-0.2, 0) is 5.41 Å². The molecule has 0 heteroatoms. The minimum atomic E-state index is -0.0142. The van der Waals surface area contributed by atoms with Crippen LogP contribution in [0.1, 0.15) is 36.1 Å². The van der Waals surface area contributed by atoms with Gasteiger partial charge in [0.05, 0.1) is 0 Å². The third-order valence-corrected chi connectivity index (χ3v) is 10.6. The number of hydrogen-bond donors (Lipinski definition) is 0. The molecular formula is C49H36.